The number of aromatic amines is 1. The number of hydrogen-bond donors (Lipinski definition) is 3. The fourth-order valence-corrected chi connectivity index (χ4v) is 3.39. The van der Waals surface area contributed by atoms with Crippen LogP contribution < -0.4 is 5.32 Å². The summed E-state index contributed by atoms with van der Waals surface area (Å²) in [5.74, 6) is 2.02. The molecular formula is C18H23Cl2N5O. The Balaban J connectivity index is 0.00000121. The molecule has 26 heavy (non-hydrogen) atoms. The molecule has 2 aromatic heterocycles. The molecule has 0 bridgehead atoms. The summed E-state index contributed by atoms with van der Waals surface area (Å²) in [5, 5.41) is 13.4. The number of halogens is 2. The Labute approximate surface area is 165 Å². The number of aromatic hydroxyl groups is 1. The van der Waals surface area contributed by atoms with Crippen LogP contribution in [0.5, 0.6) is 5.88 Å². The van der Waals surface area contributed by atoms with Crippen LogP contribution in [0.3, 0.4) is 0 Å². The van der Waals surface area contributed by atoms with E-state index < -0.39 is 0 Å². The van der Waals surface area contributed by atoms with Crippen LogP contribution in [-0.4, -0.2) is 32.8 Å². The van der Waals surface area contributed by atoms with Crippen molar-refractivity contribution in [3.8, 4) is 5.88 Å². The molecule has 1 saturated carbocycles. The van der Waals surface area contributed by atoms with E-state index in [1.54, 1.807) is 12.4 Å². The summed E-state index contributed by atoms with van der Waals surface area (Å²) in [6, 6.07) is 3.85. The lowest BCUT2D eigenvalue weighted by molar-refractivity contribution is 0.373. The molecule has 0 spiro atoms. The Morgan fingerprint density at radius 3 is 2.85 bits per heavy atom. The standard InChI is InChI=1S/C18H21N5O.2ClH/c24-17-15(9-13-11-20-16-14(13)7-4-8-19-16)22-18(23-17)21-10-12-5-2-1-3-6-12;;/h4,7-9,11-12,24H,1-3,5-6,10H2,(H2,21,22,23);2*1H/b13-9+;;. The van der Waals surface area contributed by atoms with E-state index in [9.17, 15) is 5.11 Å². The van der Waals surface area contributed by atoms with E-state index in [2.05, 4.69) is 25.3 Å². The Morgan fingerprint density at radius 2 is 2.04 bits per heavy atom. The van der Waals surface area contributed by atoms with Crippen LogP contribution in [-0.2, 0) is 0 Å². The number of aliphatic imine (C=N–C) groups is 1. The second-order valence-electron chi connectivity index (χ2n) is 6.44. The molecule has 140 valence electrons. The van der Waals surface area contributed by atoms with Crippen molar-refractivity contribution in [1.82, 2.24) is 15.0 Å². The van der Waals surface area contributed by atoms with Crippen molar-refractivity contribution < 1.29 is 5.11 Å². The number of imidazole rings is 1. The molecule has 0 radical (unpaired) electrons. The number of nitrogens with zero attached hydrogens (tertiary/aromatic N) is 3. The van der Waals surface area contributed by atoms with Crippen LogP contribution in [0.1, 0.15) is 43.4 Å². The summed E-state index contributed by atoms with van der Waals surface area (Å²) in [6.45, 7) is 0.900. The molecular weight excluding hydrogens is 373 g/mol. The molecule has 0 atom stereocenters. The fourth-order valence-electron chi connectivity index (χ4n) is 3.39. The second-order valence-corrected chi connectivity index (χ2v) is 6.44. The summed E-state index contributed by atoms with van der Waals surface area (Å²) in [5.41, 5.74) is 2.46. The van der Waals surface area contributed by atoms with Crippen LogP contribution >= 0.6 is 24.8 Å². The van der Waals surface area contributed by atoms with Crippen LogP contribution in [0.2, 0.25) is 0 Å². The zero-order valence-electron chi connectivity index (χ0n) is 14.3. The smallest absolute Gasteiger partial charge is 0.238 e. The van der Waals surface area contributed by atoms with Gasteiger partial charge >= 0.3 is 0 Å². The van der Waals surface area contributed by atoms with E-state index in [0.717, 1.165) is 17.7 Å². The number of nitrogens with one attached hydrogen (secondary N) is 2. The van der Waals surface area contributed by atoms with Crippen LogP contribution in [0.4, 0.5) is 11.8 Å². The first-order chi connectivity index (χ1) is 11.8. The predicted octanol–water partition coefficient (Wildman–Crippen LogP) is 4.60. The fraction of sp³-hybridized carbons (Fsp3) is 0.389. The van der Waals surface area contributed by atoms with E-state index in [4.69, 9.17) is 0 Å². The molecule has 0 unspecified atom stereocenters. The van der Waals surface area contributed by atoms with Crippen molar-refractivity contribution in [3.63, 3.8) is 0 Å². The van der Waals surface area contributed by atoms with Crippen molar-refractivity contribution in [2.24, 2.45) is 10.9 Å². The average molecular weight is 396 g/mol. The number of allylic oxidation sites excluding steroid dienone is 1. The van der Waals surface area contributed by atoms with E-state index in [0.29, 0.717) is 23.4 Å². The number of H-pyrrole nitrogens is 1. The summed E-state index contributed by atoms with van der Waals surface area (Å²) in [6.07, 6.45) is 11.9. The number of fused-ring (bicyclic) bond motifs is 1. The highest BCUT2D eigenvalue weighted by Crippen LogP contribution is 2.31. The van der Waals surface area contributed by atoms with Crippen LogP contribution in [0.25, 0.3) is 11.6 Å². The Hall–Kier alpha value is -2.05. The molecule has 3 heterocycles. The molecule has 4 rings (SSSR count). The van der Waals surface area contributed by atoms with Crippen molar-refractivity contribution >= 4 is 54.4 Å². The minimum Gasteiger partial charge on any atom is -0.492 e. The molecule has 1 fully saturated rings. The summed E-state index contributed by atoms with van der Waals surface area (Å²) in [4.78, 5) is 15.8. The quantitative estimate of drug-likeness (QED) is 0.705. The normalized spacial score (nSPS) is 17.5. The monoisotopic (exact) mass is 395 g/mol. The molecule has 0 amide bonds. The minimum absolute atomic E-state index is 0. The first-order valence-electron chi connectivity index (χ1n) is 8.53. The van der Waals surface area contributed by atoms with Gasteiger partial charge in [0.2, 0.25) is 11.8 Å². The van der Waals surface area contributed by atoms with Gasteiger partial charge in [0.25, 0.3) is 0 Å². The van der Waals surface area contributed by atoms with Crippen LogP contribution in [0, 0.1) is 5.92 Å². The van der Waals surface area contributed by atoms with Crippen molar-refractivity contribution in [1.29, 1.82) is 0 Å². The summed E-state index contributed by atoms with van der Waals surface area (Å²) in [7, 11) is 0. The third kappa shape index (κ3) is 4.37. The first-order valence-corrected chi connectivity index (χ1v) is 8.53. The topological polar surface area (TPSA) is 86.2 Å². The van der Waals surface area contributed by atoms with Gasteiger partial charge in [-0.05, 0) is 37.0 Å². The molecule has 1 aliphatic carbocycles. The average Bonchev–Trinajstić information content (AvgIpc) is 3.18. The predicted molar refractivity (Wildman–Crippen MR) is 110 cm³/mol. The summed E-state index contributed by atoms with van der Waals surface area (Å²) < 4.78 is 0. The SMILES string of the molecule is Cl.Cl.Oc1nc(NCC2CCCCC2)[nH]c1/C=C1\C=Nc2ncccc21. The van der Waals surface area contributed by atoms with Crippen molar-refractivity contribution in [2.75, 3.05) is 11.9 Å². The van der Waals surface area contributed by atoms with Gasteiger partial charge in [-0.15, -0.1) is 24.8 Å². The number of aromatic nitrogens is 3. The summed E-state index contributed by atoms with van der Waals surface area (Å²) >= 11 is 0. The van der Waals surface area contributed by atoms with E-state index in [-0.39, 0.29) is 30.7 Å². The van der Waals surface area contributed by atoms with Gasteiger partial charge in [0.15, 0.2) is 5.82 Å². The highest BCUT2D eigenvalue weighted by Gasteiger charge is 2.16. The van der Waals surface area contributed by atoms with Crippen LogP contribution in [0.15, 0.2) is 23.3 Å². The van der Waals surface area contributed by atoms with Crippen molar-refractivity contribution in [3.05, 3.63) is 29.6 Å². The van der Waals surface area contributed by atoms with E-state index in [1.807, 2.05) is 18.2 Å². The third-order valence-corrected chi connectivity index (χ3v) is 4.72. The van der Waals surface area contributed by atoms with Gasteiger partial charge in [0.1, 0.15) is 5.69 Å². The third-order valence-electron chi connectivity index (χ3n) is 4.72. The van der Waals surface area contributed by atoms with Gasteiger partial charge in [-0.2, -0.15) is 4.98 Å². The molecule has 3 N–H and O–H groups in total. The van der Waals surface area contributed by atoms with Gasteiger partial charge in [0.05, 0.1) is 0 Å². The van der Waals surface area contributed by atoms with E-state index >= 15 is 0 Å². The molecule has 1 aliphatic heterocycles. The van der Waals surface area contributed by atoms with Gasteiger partial charge in [0, 0.05) is 30.1 Å². The van der Waals surface area contributed by atoms with E-state index in [1.165, 1.54) is 32.1 Å². The van der Waals surface area contributed by atoms with Gasteiger partial charge in [-0.1, -0.05) is 19.3 Å². The zero-order chi connectivity index (χ0) is 16.4. The molecule has 2 aromatic rings. The first kappa shape index (κ1) is 20.3. The Bertz CT molecular complexity index is 797. The number of rotatable bonds is 4. The van der Waals surface area contributed by atoms with Gasteiger partial charge < -0.3 is 15.4 Å². The van der Waals surface area contributed by atoms with Gasteiger partial charge in [-0.3, -0.25) is 0 Å². The number of hydrogen-bond acceptors (Lipinski definition) is 5. The largest absolute Gasteiger partial charge is 0.492 e. The lowest BCUT2D eigenvalue weighted by Crippen LogP contribution is -2.17. The zero-order valence-corrected chi connectivity index (χ0v) is 15.9. The maximum Gasteiger partial charge on any atom is 0.238 e. The van der Waals surface area contributed by atoms with Gasteiger partial charge in [-0.25, -0.2) is 9.98 Å². The molecule has 8 heteroatoms. The lowest BCUT2D eigenvalue weighted by Gasteiger charge is -2.21. The maximum atomic E-state index is 10.1. The maximum absolute atomic E-state index is 10.1. The highest BCUT2D eigenvalue weighted by molar-refractivity contribution is 6.20. The second kappa shape index (κ2) is 9.05. The Kier molecular flexibility index (Phi) is 7.06. The molecule has 2 aliphatic rings. The highest BCUT2D eigenvalue weighted by atomic mass is 35.5. The number of pyridine rings is 1. The number of anilines is 1. The van der Waals surface area contributed by atoms with Crippen molar-refractivity contribution in [2.45, 2.75) is 32.1 Å². The lowest BCUT2D eigenvalue weighted by atomic mass is 9.89. The molecule has 0 saturated heterocycles. The minimum atomic E-state index is -0.000570. The molecule has 6 nitrogen and oxygen atoms in total. The molecule has 0 aromatic carbocycles. The Morgan fingerprint density at radius 1 is 1.23 bits per heavy atom.